The van der Waals surface area contributed by atoms with Gasteiger partial charge in [0, 0.05) is 37.6 Å². The van der Waals surface area contributed by atoms with Crippen LogP contribution in [0.3, 0.4) is 0 Å². The van der Waals surface area contributed by atoms with Crippen LogP contribution in [0.2, 0.25) is 0 Å². The van der Waals surface area contributed by atoms with Crippen molar-refractivity contribution >= 4 is 28.5 Å². The third kappa shape index (κ3) is 4.90. The van der Waals surface area contributed by atoms with E-state index in [4.69, 9.17) is 9.15 Å². The Kier molecular flexibility index (Phi) is 7.02. The van der Waals surface area contributed by atoms with E-state index in [-0.39, 0.29) is 11.8 Å². The maximum absolute atomic E-state index is 13.9. The van der Waals surface area contributed by atoms with Crippen molar-refractivity contribution in [2.45, 2.75) is 52.5 Å². The van der Waals surface area contributed by atoms with Crippen molar-refractivity contribution in [1.82, 2.24) is 4.90 Å². The van der Waals surface area contributed by atoms with Gasteiger partial charge in [0.05, 0.1) is 12.7 Å². The number of hydrogen-bond acceptors (Lipinski definition) is 4. The Morgan fingerprint density at radius 2 is 1.70 bits per heavy atom. The van der Waals surface area contributed by atoms with Gasteiger partial charge in [-0.15, -0.1) is 0 Å². The van der Waals surface area contributed by atoms with Crippen LogP contribution in [0, 0.1) is 6.92 Å². The minimum Gasteiger partial charge on any atom is -0.497 e. The highest BCUT2D eigenvalue weighted by atomic mass is 16.5. The van der Waals surface area contributed by atoms with Crippen molar-refractivity contribution in [3.05, 3.63) is 59.4 Å². The molecule has 0 N–H and O–H groups in total. The van der Waals surface area contributed by atoms with E-state index < -0.39 is 0 Å². The summed E-state index contributed by atoms with van der Waals surface area (Å²) in [5.41, 5.74) is 3.12. The highest BCUT2D eigenvalue weighted by Crippen LogP contribution is 2.31. The average molecular weight is 449 g/mol. The largest absolute Gasteiger partial charge is 0.497 e. The van der Waals surface area contributed by atoms with Crippen LogP contribution in [0.1, 0.15) is 60.7 Å². The lowest BCUT2D eigenvalue weighted by Gasteiger charge is -2.29. The second-order valence-electron chi connectivity index (χ2n) is 8.69. The zero-order valence-electron chi connectivity index (χ0n) is 19.7. The number of benzene rings is 2. The number of rotatable bonds is 2. The fraction of sp³-hybridized carbons (Fsp3) is 0.407. The number of aryl methyl sites for hydroxylation is 1. The molecule has 2 amide bonds. The molecule has 3 aromatic rings. The van der Waals surface area contributed by atoms with Gasteiger partial charge in [0.15, 0.2) is 0 Å². The lowest BCUT2D eigenvalue weighted by Crippen LogP contribution is -2.35. The van der Waals surface area contributed by atoms with Crippen LogP contribution < -0.4 is 9.64 Å². The molecule has 0 unspecified atom stereocenters. The van der Waals surface area contributed by atoms with Gasteiger partial charge in [-0.05, 0) is 49.6 Å². The fourth-order valence-corrected chi connectivity index (χ4v) is 4.67. The number of fused-ring (bicyclic) bond motifs is 2. The maximum Gasteiger partial charge on any atom is 0.258 e. The van der Waals surface area contributed by atoms with E-state index in [1.807, 2.05) is 59.2 Å². The molecular weight excluding hydrogens is 416 g/mol. The minimum atomic E-state index is -0.0549. The van der Waals surface area contributed by atoms with Crippen molar-refractivity contribution in [2.24, 2.45) is 0 Å². The lowest BCUT2D eigenvalue weighted by molar-refractivity contribution is -0.116. The summed E-state index contributed by atoms with van der Waals surface area (Å²) in [5, 5.41) is 0.765. The first kappa shape index (κ1) is 22.9. The van der Waals surface area contributed by atoms with E-state index in [1.165, 1.54) is 0 Å². The SMILES string of the molecule is COc1ccc2oc(C)c(C(=O)N3CCCCCCCN(C(C)=O)c4ccccc4C3)c2c1. The standard InChI is InChI=1S/C27H32N2O4/c1-19-26(23-17-22(32-3)13-14-25(23)33-19)27(31)28-15-9-5-4-6-10-16-29(20(2)30)24-12-8-7-11-21(24)18-28/h7-8,11-14,17H,4-6,9-10,15-16,18H2,1-3H3. The second kappa shape index (κ2) is 10.1. The van der Waals surface area contributed by atoms with E-state index >= 15 is 0 Å². The number of carbonyl (C=O) groups excluding carboxylic acids is 2. The lowest BCUT2D eigenvalue weighted by atomic mass is 10.0. The van der Waals surface area contributed by atoms with E-state index in [2.05, 4.69) is 0 Å². The topological polar surface area (TPSA) is 63.0 Å². The molecular formula is C27H32N2O4. The highest BCUT2D eigenvalue weighted by molar-refractivity contribution is 6.07. The summed E-state index contributed by atoms with van der Waals surface area (Å²) in [6.07, 6.45) is 5.16. The molecule has 2 heterocycles. The van der Waals surface area contributed by atoms with Crippen molar-refractivity contribution in [3.8, 4) is 5.75 Å². The average Bonchev–Trinajstić information content (AvgIpc) is 3.13. The molecule has 33 heavy (non-hydrogen) atoms. The molecule has 0 atom stereocenters. The van der Waals surface area contributed by atoms with Gasteiger partial charge in [0.25, 0.3) is 5.91 Å². The smallest absolute Gasteiger partial charge is 0.258 e. The van der Waals surface area contributed by atoms with Gasteiger partial charge in [-0.3, -0.25) is 9.59 Å². The quantitative estimate of drug-likeness (QED) is 0.504. The van der Waals surface area contributed by atoms with E-state index in [9.17, 15) is 9.59 Å². The van der Waals surface area contributed by atoms with Crippen molar-refractivity contribution in [3.63, 3.8) is 0 Å². The first-order chi connectivity index (χ1) is 16.0. The molecule has 0 fully saturated rings. The van der Waals surface area contributed by atoms with E-state index in [0.29, 0.717) is 42.3 Å². The predicted octanol–water partition coefficient (Wildman–Crippen LogP) is 5.71. The van der Waals surface area contributed by atoms with Gasteiger partial charge in [-0.25, -0.2) is 0 Å². The summed E-state index contributed by atoms with van der Waals surface area (Å²) >= 11 is 0. The Balaban J connectivity index is 1.74. The Morgan fingerprint density at radius 3 is 2.45 bits per heavy atom. The van der Waals surface area contributed by atoms with Gasteiger partial charge in [0.2, 0.25) is 5.91 Å². The molecule has 6 heteroatoms. The van der Waals surface area contributed by atoms with Gasteiger partial charge in [0.1, 0.15) is 17.1 Å². The van der Waals surface area contributed by atoms with E-state index in [1.54, 1.807) is 14.0 Å². The molecule has 0 saturated heterocycles. The Labute approximate surface area is 195 Å². The zero-order chi connectivity index (χ0) is 23.4. The predicted molar refractivity (Wildman–Crippen MR) is 130 cm³/mol. The van der Waals surface area contributed by atoms with Crippen LogP contribution >= 0.6 is 0 Å². The number of ether oxygens (including phenoxy) is 1. The van der Waals surface area contributed by atoms with Gasteiger partial charge in [-0.2, -0.15) is 0 Å². The molecule has 0 bridgehead atoms. The molecule has 0 saturated carbocycles. The number of para-hydroxylation sites is 1. The highest BCUT2D eigenvalue weighted by Gasteiger charge is 2.26. The number of amides is 2. The normalized spacial score (nSPS) is 15.5. The summed E-state index contributed by atoms with van der Waals surface area (Å²) in [5.74, 6) is 1.27. The van der Waals surface area contributed by atoms with Crippen LogP contribution in [0.15, 0.2) is 46.9 Å². The number of carbonyl (C=O) groups is 2. The van der Waals surface area contributed by atoms with Crippen LogP contribution in [0.4, 0.5) is 5.69 Å². The Hall–Kier alpha value is -3.28. The summed E-state index contributed by atoms with van der Waals surface area (Å²) in [6.45, 7) is 5.24. The minimum absolute atomic E-state index is 0.0288. The molecule has 1 aliphatic rings. The monoisotopic (exact) mass is 448 g/mol. The molecule has 4 rings (SSSR count). The summed E-state index contributed by atoms with van der Waals surface area (Å²) in [6, 6.07) is 13.5. The molecule has 1 aliphatic heterocycles. The van der Waals surface area contributed by atoms with Gasteiger partial charge < -0.3 is 19.0 Å². The molecule has 174 valence electrons. The van der Waals surface area contributed by atoms with Gasteiger partial charge in [-0.1, -0.05) is 37.5 Å². The number of furan rings is 1. The fourth-order valence-electron chi connectivity index (χ4n) is 4.67. The zero-order valence-corrected chi connectivity index (χ0v) is 19.7. The molecule has 6 nitrogen and oxygen atoms in total. The number of methoxy groups -OCH3 is 1. The number of anilines is 1. The Morgan fingerprint density at radius 1 is 0.970 bits per heavy atom. The van der Waals surface area contributed by atoms with Crippen molar-refractivity contribution < 1.29 is 18.7 Å². The van der Waals surface area contributed by atoms with E-state index in [0.717, 1.165) is 48.7 Å². The molecule has 0 radical (unpaired) electrons. The maximum atomic E-state index is 13.9. The summed E-state index contributed by atoms with van der Waals surface area (Å²) in [4.78, 5) is 30.1. The first-order valence-electron chi connectivity index (χ1n) is 11.7. The third-order valence-corrected chi connectivity index (χ3v) is 6.41. The second-order valence-corrected chi connectivity index (χ2v) is 8.69. The summed E-state index contributed by atoms with van der Waals surface area (Å²) in [7, 11) is 1.61. The van der Waals surface area contributed by atoms with Crippen LogP contribution in [0.5, 0.6) is 5.75 Å². The van der Waals surface area contributed by atoms with Crippen molar-refractivity contribution in [1.29, 1.82) is 0 Å². The van der Waals surface area contributed by atoms with Crippen molar-refractivity contribution in [2.75, 3.05) is 25.1 Å². The van der Waals surface area contributed by atoms with Crippen LogP contribution in [0.25, 0.3) is 11.0 Å². The number of nitrogens with zero attached hydrogens (tertiary/aromatic N) is 2. The van der Waals surface area contributed by atoms with Gasteiger partial charge >= 0.3 is 0 Å². The molecule has 2 aromatic carbocycles. The van der Waals surface area contributed by atoms with Crippen LogP contribution in [-0.2, 0) is 11.3 Å². The summed E-state index contributed by atoms with van der Waals surface area (Å²) < 4.78 is 11.3. The number of hydrogen-bond donors (Lipinski definition) is 0. The molecule has 0 aliphatic carbocycles. The Bertz CT molecular complexity index is 1150. The third-order valence-electron chi connectivity index (χ3n) is 6.41. The molecule has 1 aromatic heterocycles. The first-order valence-corrected chi connectivity index (χ1v) is 11.7. The van der Waals surface area contributed by atoms with Crippen LogP contribution in [-0.4, -0.2) is 36.9 Å². The molecule has 0 spiro atoms.